The Morgan fingerprint density at radius 1 is 1.00 bits per heavy atom. The number of amides is 1. The van der Waals surface area contributed by atoms with Gasteiger partial charge in [0.2, 0.25) is 5.91 Å². The van der Waals surface area contributed by atoms with E-state index in [1.165, 1.54) is 19.3 Å². The highest BCUT2D eigenvalue weighted by atomic mass is 16.2. The first-order valence-electron chi connectivity index (χ1n) is 8.22. The van der Waals surface area contributed by atoms with Crippen LogP contribution in [0.15, 0.2) is 0 Å². The summed E-state index contributed by atoms with van der Waals surface area (Å²) in [7, 11) is 0. The molecule has 1 N–H and O–H groups in total. The molecule has 0 spiro atoms. The molecule has 0 aromatic carbocycles. The molecule has 3 heteroatoms. The third-order valence-corrected chi connectivity index (χ3v) is 4.13. The quantitative estimate of drug-likeness (QED) is 0.720. The molecule has 0 heterocycles. The van der Waals surface area contributed by atoms with Gasteiger partial charge in [0, 0.05) is 24.3 Å². The Morgan fingerprint density at radius 3 is 2.25 bits per heavy atom. The van der Waals surface area contributed by atoms with E-state index in [1.807, 2.05) is 20.8 Å². The average Bonchev–Trinajstić information content (AvgIpc) is 2.42. The first kappa shape index (κ1) is 17.2. The van der Waals surface area contributed by atoms with Gasteiger partial charge in [0.1, 0.15) is 5.78 Å². The van der Waals surface area contributed by atoms with Crippen molar-refractivity contribution < 1.29 is 9.59 Å². The molecule has 1 saturated carbocycles. The summed E-state index contributed by atoms with van der Waals surface area (Å²) >= 11 is 0. The van der Waals surface area contributed by atoms with Crippen molar-refractivity contribution in [3.8, 4) is 0 Å². The number of hydrogen-bond donors (Lipinski definition) is 1. The highest BCUT2D eigenvalue weighted by Crippen LogP contribution is 2.25. The van der Waals surface area contributed by atoms with Crippen molar-refractivity contribution in [3.63, 3.8) is 0 Å². The molecule has 0 atom stereocenters. The Morgan fingerprint density at radius 2 is 1.65 bits per heavy atom. The van der Waals surface area contributed by atoms with E-state index in [1.54, 1.807) is 0 Å². The maximum Gasteiger partial charge on any atom is 0.225 e. The van der Waals surface area contributed by atoms with Gasteiger partial charge in [0.25, 0.3) is 0 Å². The van der Waals surface area contributed by atoms with Gasteiger partial charge >= 0.3 is 0 Å². The van der Waals surface area contributed by atoms with Crippen LogP contribution < -0.4 is 5.32 Å². The Labute approximate surface area is 123 Å². The zero-order chi connectivity index (χ0) is 15.0. The minimum absolute atomic E-state index is 0.107. The lowest BCUT2D eigenvalue weighted by Crippen LogP contribution is -2.35. The first-order chi connectivity index (χ1) is 9.41. The number of rotatable bonds is 7. The molecule has 116 valence electrons. The SMILES string of the molecule is CC(C)(C)C(=O)NCCCCCC(=O)C1CCCCC1. The number of hydrogen-bond acceptors (Lipinski definition) is 2. The van der Waals surface area contributed by atoms with Crippen molar-refractivity contribution in [2.75, 3.05) is 6.54 Å². The van der Waals surface area contributed by atoms with Gasteiger partial charge in [-0.1, -0.05) is 46.5 Å². The van der Waals surface area contributed by atoms with Crippen molar-refractivity contribution in [3.05, 3.63) is 0 Å². The van der Waals surface area contributed by atoms with E-state index in [4.69, 9.17) is 0 Å². The maximum atomic E-state index is 12.0. The molecule has 1 fully saturated rings. The molecule has 1 rings (SSSR count). The van der Waals surface area contributed by atoms with Crippen LogP contribution in [0.3, 0.4) is 0 Å². The summed E-state index contributed by atoms with van der Waals surface area (Å²) < 4.78 is 0. The van der Waals surface area contributed by atoms with E-state index in [9.17, 15) is 9.59 Å². The van der Waals surface area contributed by atoms with E-state index in [2.05, 4.69) is 5.32 Å². The number of unbranched alkanes of at least 4 members (excludes halogenated alkanes) is 2. The van der Waals surface area contributed by atoms with Crippen molar-refractivity contribution in [1.29, 1.82) is 0 Å². The van der Waals surface area contributed by atoms with E-state index >= 15 is 0 Å². The fraction of sp³-hybridized carbons (Fsp3) is 0.882. The molecule has 0 saturated heterocycles. The molecule has 0 aromatic rings. The van der Waals surface area contributed by atoms with Crippen LogP contribution in [0, 0.1) is 11.3 Å². The lowest BCUT2D eigenvalue weighted by molar-refractivity contribution is -0.128. The second-order valence-corrected chi connectivity index (χ2v) is 7.12. The second-order valence-electron chi connectivity index (χ2n) is 7.12. The molecular weight excluding hydrogens is 250 g/mol. The van der Waals surface area contributed by atoms with E-state index in [0.717, 1.165) is 45.1 Å². The molecule has 0 unspecified atom stereocenters. The number of ketones is 1. The van der Waals surface area contributed by atoms with Crippen LogP contribution in [0.4, 0.5) is 0 Å². The predicted molar refractivity (Wildman–Crippen MR) is 82.5 cm³/mol. The van der Waals surface area contributed by atoms with Gasteiger partial charge in [-0.3, -0.25) is 9.59 Å². The summed E-state index contributed by atoms with van der Waals surface area (Å²) in [5, 5.41) is 2.95. The number of Topliss-reactive ketones (excluding diaryl/α,β-unsaturated/α-hetero) is 1. The van der Waals surface area contributed by atoms with Crippen molar-refractivity contribution >= 4 is 11.7 Å². The standard InChI is InChI=1S/C17H31NO2/c1-17(2,3)16(20)18-13-9-5-8-12-15(19)14-10-6-4-7-11-14/h14H,4-13H2,1-3H3,(H,18,20). The third-order valence-electron chi connectivity index (χ3n) is 4.13. The fourth-order valence-corrected chi connectivity index (χ4v) is 2.70. The Kier molecular flexibility index (Phi) is 7.25. The van der Waals surface area contributed by atoms with Gasteiger partial charge in [-0.15, -0.1) is 0 Å². The first-order valence-corrected chi connectivity index (χ1v) is 8.22. The Balaban J connectivity index is 2.02. The van der Waals surface area contributed by atoms with Crippen molar-refractivity contribution in [2.45, 2.75) is 78.6 Å². The fourth-order valence-electron chi connectivity index (χ4n) is 2.70. The molecular formula is C17H31NO2. The molecule has 0 aromatic heterocycles. The van der Waals surface area contributed by atoms with Crippen LogP contribution in [0.25, 0.3) is 0 Å². The highest BCUT2D eigenvalue weighted by Gasteiger charge is 2.21. The zero-order valence-electron chi connectivity index (χ0n) is 13.5. The molecule has 3 nitrogen and oxygen atoms in total. The number of nitrogens with one attached hydrogen (secondary N) is 1. The molecule has 0 bridgehead atoms. The van der Waals surface area contributed by atoms with E-state index in [-0.39, 0.29) is 11.3 Å². The monoisotopic (exact) mass is 281 g/mol. The van der Waals surface area contributed by atoms with Crippen LogP contribution in [0.5, 0.6) is 0 Å². The van der Waals surface area contributed by atoms with Gasteiger partial charge in [-0.25, -0.2) is 0 Å². The summed E-state index contributed by atoms with van der Waals surface area (Å²) in [4.78, 5) is 23.6. The highest BCUT2D eigenvalue weighted by molar-refractivity contribution is 5.81. The van der Waals surface area contributed by atoms with Gasteiger partial charge in [-0.2, -0.15) is 0 Å². The normalized spacial score (nSPS) is 16.9. The van der Waals surface area contributed by atoms with Crippen LogP contribution in [0.2, 0.25) is 0 Å². The largest absolute Gasteiger partial charge is 0.356 e. The lowest BCUT2D eigenvalue weighted by Gasteiger charge is -2.20. The topological polar surface area (TPSA) is 46.2 Å². The molecule has 0 radical (unpaired) electrons. The van der Waals surface area contributed by atoms with Gasteiger partial charge in [0.15, 0.2) is 0 Å². The van der Waals surface area contributed by atoms with E-state index in [0.29, 0.717) is 11.7 Å². The number of carbonyl (C=O) groups excluding carboxylic acids is 2. The zero-order valence-corrected chi connectivity index (χ0v) is 13.5. The lowest BCUT2D eigenvalue weighted by atomic mass is 9.84. The Hall–Kier alpha value is -0.860. The molecule has 20 heavy (non-hydrogen) atoms. The molecule has 1 amide bonds. The maximum absolute atomic E-state index is 12.0. The minimum atomic E-state index is -0.309. The second kappa shape index (κ2) is 8.43. The van der Waals surface area contributed by atoms with Gasteiger partial charge in [0.05, 0.1) is 0 Å². The van der Waals surface area contributed by atoms with Crippen molar-refractivity contribution in [2.24, 2.45) is 11.3 Å². The summed E-state index contributed by atoms with van der Waals surface area (Å²) in [6.07, 6.45) is 9.70. The van der Waals surface area contributed by atoms with E-state index < -0.39 is 0 Å². The molecule has 1 aliphatic rings. The minimum Gasteiger partial charge on any atom is -0.356 e. The van der Waals surface area contributed by atoms with Gasteiger partial charge < -0.3 is 5.32 Å². The predicted octanol–water partition coefficient (Wildman–Crippen LogP) is 3.86. The third kappa shape index (κ3) is 6.53. The summed E-state index contributed by atoms with van der Waals surface area (Å²) in [5.41, 5.74) is -0.309. The van der Waals surface area contributed by atoms with Gasteiger partial charge in [-0.05, 0) is 25.7 Å². The number of carbonyl (C=O) groups is 2. The van der Waals surface area contributed by atoms with Crippen molar-refractivity contribution in [1.82, 2.24) is 5.32 Å². The van der Waals surface area contributed by atoms with Crippen LogP contribution in [-0.2, 0) is 9.59 Å². The average molecular weight is 281 g/mol. The molecule has 1 aliphatic carbocycles. The summed E-state index contributed by atoms with van der Waals surface area (Å²) in [6, 6.07) is 0. The summed E-state index contributed by atoms with van der Waals surface area (Å²) in [5.74, 6) is 0.934. The molecule has 0 aliphatic heterocycles. The Bertz CT molecular complexity index is 311. The van der Waals surface area contributed by atoms with Crippen LogP contribution in [-0.4, -0.2) is 18.2 Å². The summed E-state index contributed by atoms with van der Waals surface area (Å²) in [6.45, 7) is 6.50. The smallest absolute Gasteiger partial charge is 0.225 e. The van der Waals surface area contributed by atoms with Crippen LogP contribution in [0.1, 0.15) is 78.6 Å². The van der Waals surface area contributed by atoms with Crippen LogP contribution >= 0.6 is 0 Å².